The first-order valence-electron chi connectivity index (χ1n) is 11.5. The largest absolute Gasteiger partial charge is 0.506 e. The zero-order chi connectivity index (χ0) is 26.2. The van der Waals surface area contributed by atoms with Crippen LogP contribution in [0.1, 0.15) is 21.5 Å². The van der Waals surface area contributed by atoms with E-state index in [-0.39, 0.29) is 28.8 Å². The second-order valence-corrected chi connectivity index (χ2v) is 8.68. The van der Waals surface area contributed by atoms with Crippen LogP contribution in [-0.4, -0.2) is 53.2 Å². The minimum atomic E-state index is -0.464. The molecule has 2 N–H and O–H groups in total. The third-order valence-electron chi connectivity index (χ3n) is 5.76. The van der Waals surface area contributed by atoms with Crippen molar-refractivity contribution in [2.24, 2.45) is 5.10 Å². The number of fused-ring (bicyclic) bond motifs is 1. The molecule has 0 fully saturated rings. The van der Waals surface area contributed by atoms with Crippen LogP contribution in [0, 0.1) is 0 Å². The molecule has 4 aromatic rings. The Morgan fingerprint density at radius 2 is 1.84 bits per heavy atom. The second-order valence-electron chi connectivity index (χ2n) is 8.27. The number of halogens is 1. The van der Waals surface area contributed by atoms with Crippen LogP contribution in [-0.2, 0) is 11.2 Å². The van der Waals surface area contributed by atoms with Gasteiger partial charge in [0.2, 0.25) is 0 Å². The van der Waals surface area contributed by atoms with Crippen molar-refractivity contribution in [3.05, 3.63) is 101 Å². The Kier molecular flexibility index (Phi) is 8.33. The van der Waals surface area contributed by atoms with Crippen molar-refractivity contribution >= 4 is 40.4 Å². The number of phenolic OH excluding ortho intramolecular Hbond substituents is 1. The lowest BCUT2D eigenvalue weighted by atomic mass is 10.0. The highest BCUT2D eigenvalue weighted by Crippen LogP contribution is 2.28. The first-order chi connectivity index (χ1) is 17.9. The van der Waals surface area contributed by atoms with E-state index in [1.807, 2.05) is 42.5 Å². The Morgan fingerprint density at radius 3 is 2.59 bits per heavy atom. The summed E-state index contributed by atoms with van der Waals surface area (Å²) < 4.78 is 5.88. The molecule has 3 aromatic carbocycles. The summed E-state index contributed by atoms with van der Waals surface area (Å²) in [6, 6.07) is 19.2. The maximum absolute atomic E-state index is 12.6. The quantitative estimate of drug-likeness (QED) is 0.253. The predicted molar refractivity (Wildman–Crippen MR) is 143 cm³/mol. The average molecular weight is 517 g/mol. The number of carbonyl (C=O) groups is 2. The molecule has 188 valence electrons. The van der Waals surface area contributed by atoms with Gasteiger partial charge in [0.05, 0.1) is 11.2 Å². The summed E-state index contributed by atoms with van der Waals surface area (Å²) in [6.07, 6.45) is 5.74. The molecule has 8 nitrogen and oxygen atoms in total. The van der Waals surface area contributed by atoms with Crippen LogP contribution in [0.15, 0.2) is 84.2 Å². The lowest BCUT2D eigenvalue weighted by molar-refractivity contribution is -0.132. The number of hydrogen-bond acceptors (Lipinski definition) is 6. The van der Waals surface area contributed by atoms with Crippen LogP contribution < -0.4 is 10.2 Å². The molecule has 4 rings (SSSR count). The molecule has 37 heavy (non-hydrogen) atoms. The molecule has 0 saturated carbocycles. The Bertz CT molecular complexity index is 1440. The van der Waals surface area contributed by atoms with Crippen molar-refractivity contribution in [2.75, 3.05) is 20.2 Å². The molecule has 0 bridgehead atoms. The number of hydrazone groups is 1. The van der Waals surface area contributed by atoms with Gasteiger partial charge in [-0.2, -0.15) is 5.10 Å². The molecule has 0 saturated heterocycles. The van der Waals surface area contributed by atoms with Crippen LogP contribution in [0.5, 0.6) is 11.5 Å². The number of nitrogens with zero attached hydrogens (tertiary/aromatic N) is 3. The maximum atomic E-state index is 12.6. The van der Waals surface area contributed by atoms with Crippen LogP contribution in [0.3, 0.4) is 0 Å². The first-order valence-corrected chi connectivity index (χ1v) is 11.9. The number of pyridine rings is 1. The Hall–Kier alpha value is -4.43. The van der Waals surface area contributed by atoms with Gasteiger partial charge in [-0.1, -0.05) is 35.9 Å². The fourth-order valence-electron chi connectivity index (χ4n) is 3.63. The van der Waals surface area contributed by atoms with E-state index in [4.69, 9.17) is 16.3 Å². The number of ether oxygens (including phenoxy) is 1. The third-order valence-corrected chi connectivity index (χ3v) is 6.06. The molecule has 1 aromatic heterocycles. The summed E-state index contributed by atoms with van der Waals surface area (Å²) in [7, 11) is 1.75. The van der Waals surface area contributed by atoms with Crippen molar-refractivity contribution in [1.29, 1.82) is 0 Å². The molecular weight excluding hydrogens is 492 g/mol. The van der Waals surface area contributed by atoms with Gasteiger partial charge in [0.1, 0.15) is 11.5 Å². The minimum absolute atomic E-state index is 0.0802. The van der Waals surface area contributed by atoms with Gasteiger partial charge >= 0.3 is 0 Å². The van der Waals surface area contributed by atoms with Crippen molar-refractivity contribution in [2.45, 2.75) is 6.42 Å². The van der Waals surface area contributed by atoms with E-state index in [1.54, 1.807) is 30.4 Å². The van der Waals surface area contributed by atoms with Gasteiger partial charge < -0.3 is 14.7 Å². The molecule has 0 aliphatic carbocycles. The van der Waals surface area contributed by atoms with Gasteiger partial charge in [-0.05, 0) is 59.8 Å². The van der Waals surface area contributed by atoms with Crippen molar-refractivity contribution in [1.82, 2.24) is 15.3 Å². The Labute approximate surface area is 219 Å². The van der Waals surface area contributed by atoms with Gasteiger partial charge in [0.15, 0.2) is 6.61 Å². The number of benzene rings is 3. The van der Waals surface area contributed by atoms with Crippen molar-refractivity contribution in [3.63, 3.8) is 0 Å². The molecule has 0 unspecified atom stereocenters. The standard InChI is InChI=1S/C28H25ClN4O4/c1-33(15-12-19-10-13-30-14-11-19)27(35)18-37-26-9-7-21(22-4-2-3-5-23(22)26)17-31-32-28(36)20-6-8-25(34)24(29)16-20/h2-11,13-14,16-17,34H,12,15,18H2,1H3,(H,32,36)/b31-17+. The van der Waals surface area contributed by atoms with Crippen molar-refractivity contribution in [3.8, 4) is 11.5 Å². The zero-order valence-corrected chi connectivity index (χ0v) is 20.9. The smallest absolute Gasteiger partial charge is 0.271 e. The van der Waals surface area contributed by atoms with Gasteiger partial charge in [-0.25, -0.2) is 5.43 Å². The number of hydrogen-bond donors (Lipinski definition) is 2. The number of carbonyl (C=O) groups excluding carboxylic acids is 2. The summed E-state index contributed by atoms with van der Waals surface area (Å²) in [4.78, 5) is 30.6. The summed E-state index contributed by atoms with van der Waals surface area (Å²) >= 11 is 5.87. The summed E-state index contributed by atoms with van der Waals surface area (Å²) in [5.41, 5.74) is 4.59. The van der Waals surface area contributed by atoms with E-state index < -0.39 is 5.91 Å². The van der Waals surface area contributed by atoms with Crippen LogP contribution in [0.4, 0.5) is 0 Å². The molecule has 0 spiro atoms. The normalized spacial score (nSPS) is 11.0. The zero-order valence-electron chi connectivity index (χ0n) is 20.1. The SMILES string of the molecule is CN(CCc1ccncc1)C(=O)COc1ccc(/C=N/NC(=O)c2ccc(O)c(Cl)c2)c2ccccc12. The first kappa shape index (κ1) is 25.7. The van der Waals surface area contributed by atoms with Gasteiger partial charge in [0.25, 0.3) is 11.8 Å². The highest BCUT2D eigenvalue weighted by Gasteiger charge is 2.12. The Morgan fingerprint density at radius 1 is 1.08 bits per heavy atom. The van der Waals surface area contributed by atoms with E-state index in [0.717, 1.165) is 28.3 Å². The topological polar surface area (TPSA) is 104 Å². The third kappa shape index (κ3) is 6.62. The molecule has 0 radical (unpaired) electrons. The number of amides is 2. The number of phenols is 1. The fraction of sp³-hybridized carbons (Fsp3) is 0.143. The summed E-state index contributed by atoms with van der Waals surface area (Å²) in [5.74, 6) is -0.116. The van der Waals surface area contributed by atoms with Crippen LogP contribution >= 0.6 is 11.6 Å². The van der Waals surface area contributed by atoms with E-state index >= 15 is 0 Å². The fourth-order valence-corrected chi connectivity index (χ4v) is 3.81. The summed E-state index contributed by atoms with van der Waals surface area (Å²) in [6.45, 7) is 0.486. The maximum Gasteiger partial charge on any atom is 0.271 e. The van der Waals surface area contributed by atoms with Gasteiger partial charge in [0, 0.05) is 42.5 Å². The molecule has 9 heteroatoms. The highest BCUT2D eigenvalue weighted by molar-refractivity contribution is 6.32. The lowest BCUT2D eigenvalue weighted by Gasteiger charge is -2.18. The van der Waals surface area contributed by atoms with E-state index in [9.17, 15) is 14.7 Å². The number of aromatic hydroxyl groups is 1. The van der Waals surface area contributed by atoms with Crippen molar-refractivity contribution < 1.29 is 19.4 Å². The van der Waals surface area contributed by atoms with E-state index in [0.29, 0.717) is 12.3 Å². The minimum Gasteiger partial charge on any atom is -0.506 e. The van der Waals surface area contributed by atoms with Crippen LogP contribution in [0.2, 0.25) is 5.02 Å². The number of likely N-dealkylation sites (N-methyl/N-ethyl adjacent to an activating group) is 1. The average Bonchev–Trinajstić information content (AvgIpc) is 2.92. The number of rotatable bonds is 9. The molecule has 1 heterocycles. The second kappa shape index (κ2) is 12.0. The molecular formula is C28H25ClN4O4. The molecule has 2 amide bonds. The lowest BCUT2D eigenvalue weighted by Crippen LogP contribution is -2.33. The predicted octanol–water partition coefficient (Wildman–Crippen LogP) is 4.44. The van der Waals surface area contributed by atoms with Crippen LogP contribution in [0.25, 0.3) is 10.8 Å². The van der Waals surface area contributed by atoms with Gasteiger partial charge in [-0.3, -0.25) is 14.6 Å². The van der Waals surface area contributed by atoms with Gasteiger partial charge in [-0.15, -0.1) is 0 Å². The summed E-state index contributed by atoms with van der Waals surface area (Å²) in [5, 5.41) is 15.3. The Balaban J connectivity index is 1.39. The number of nitrogens with one attached hydrogen (secondary N) is 1. The number of aromatic nitrogens is 1. The monoisotopic (exact) mass is 516 g/mol. The molecule has 0 aliphatic heterocycles. The highest BCUT2D eigenvalue weighted by atomic mass is 35.5. The van der Waals surface area contributed by atoms with E-state index in [2.05, 4.69) is 15.5 Å². The molecule has 0 aliphatic rings. The van der Waals surface area contributed by atoms with E-state index in [1.165, 1.54) is 24.4 Å². The molecule has 0 atom stereocenters.